The first-order valence-corrected chi connectivity index (χ1v) is 12.8. The Morgan fingerprint density at radius 3 is 0.685 bits per heavy atom. The molecular formula is C27H33Li3O24. The van der Waals surface area contributed by atoms with Crippen molar-refractivity contribution >= 4 is 71.6 Å². The van der Waals surface area contributed by atoms with Gasteiger partial charge in [0.2, 0.25) is 0 Å². The number of esters is 6. The van der Waals surface area contributed by atoms with E-state index in [1.54, 1.807) is 0 Å². The van der Waals surface area contributed by atoms with Crippen LogP contribution in [0.2, 0.25) is 0 Å². The average molecular weight is 762 g/mol. The van der Waals surface area contributed by atoms with Gasteiger partial charge < -0.3 is 64.4 Å². The summed E-state index contributed by atoms with van der Waals surface area (Å²) in [6.45, 7) is 8.98. The number of carbonyl (C=O) groups is 12. The van der Waals surface area contributed by atoms with Crippen molar-refractivity contribution in [1.82, 2.24) is 0 Å². The quantitative estimate of drug-likeness (QED) is 0.0206. The summed E-state index contributed by atoms with van der Waals surface area (Å²) in [6, 6.07) is 0. The first kappa shape index (κ1) is 61.2. The summed E-state index contributed by atoms with van der Waals surface area (Å²) in [5, 5.41) is 79.1. The number of rotatable bonds is 18. The Hall–Kier alpha value is -4.87. The van der Waals surface area contributed by atoms with Crippen LogP contribution in [0.5, 0.6) is 0 Å². The fourth-order valence-corrected chi connectivity index (χ4v) is 2.68. The van der Waals surface area contributed by atoms with E-state index in [-0.39, 0.29) is 60.9 Å². The van der Waals surface area contributed by atoms with Gasteiger partial charge in [-0.15, -0.1) is 0 Å². The molecule has 0 aliphatic heterocycles. The molecule has 0 bridgehead atoms. The number of hydrogen-bond acceptors (Lipinski definition) is 18. The second kappa shape index (κ2) is 28.6. The topological polar surface area (TPSA) is 415 Å². The van der Waals surface area contributed by atoms with Crippen LogP contribution in [0.1, 0.15) is 42.8 Å². The molecule has 0 radical (unpaired) electrons. The largest absolute Gasteiger partial charge is 1.00 e. The van der Waals surface area contributed by atoms with Crippen LogP contribution in [0.25, 0.3) is 0 Å². The van der Waals surface area contributed by atoms with Crippen molar-refractivity contribution in [1.29, 1.82) is 0 Å². The third-order valence-electron chi connectivity index (χ3n) is 4.98. The number of aliphatic hydroxyl groups is 3. The number of aliphatic carboxylic acids is 6. The summed E-state index contributed by atoms with van der Waals surface area (Å²) in [5.74, 6) is -18.0. The maximum absolute atomic E-state index is 11.0. The first-order valence-electron chi connectivity index (χ1n) is 12.8. The van der Waals surface area contributed by atoms with Gasteiger partial charge in [0.1, 0.15) is 0 Å². The van der Waals surface area contributed by atoms with Gasteiger partial charge in [0.25, 0.3) is 0 Å². The third-order valence-corrected chi connectivity index (χ3v) is 4.98. The van der Waals surface area contributed by atoms with Gasteiger partial charge in [-0.1, -0.05) is 19.7 Å². The van der Waals surface area contributed by atoms with Crippen LogP contribution in [0.3, 0.4) is 0 Å². The molecule has 288 valence electrons. The molecule has 27 heteroatoms. The van der Waals surface area contributed by atoms with Crippen molar-refractivity contribution < 1.29 is 179 Å². The van der Waals surface area contributed by atoms with Gasteiger partial charge in [0.15, 0.2) is 16.8 Å². The molecule has 54 heavy (non-hydrogen) atoms. The van der Waals surface area contributed by atoms with Crippen LogP contribution in [-0.2, 0) is 71.7 Å². The molecule has 0 aromatic heterocycles. The van der Waals surface area contributed by atoms with E-state index in [0.29, 0.717) is 18.2 Å². The summed E-state index contributed by atoms with van der Waals surface area (Å²) in [4.78, 5) is 128. The number of carboxylic acids is 6. The van der Waals surface area contributed by atoms with E-state index in [1.165, 1.54) is 0 Å². The minimum atomic E-state index is -2.82. The molecular weight excluding hydrogens is 729 g/mol. The van der Waals surface area contributed by atoms with Crippen molar-refractivity contribution in [2.45, 2.75) is 55.3 Å². The van der Waals surface area contributed by atoms with E-state index in [9.17, 15) is 72.9 Å². The summed E-state index contributed by atoms with van der Waals surface area (Å²) in [6.07, 6.45) is -5.07. The predicted molar refractivity (Wildman–Crippen MR) is 156 cm³/mol. The Bertz CT molecular complexity index is 1320. The van der Waals surface area contributed by atoms with Gasteiger partial charge in [-0.25, -0.2) is 28.8 Å². The second-order valence-electron chi connectivity index (χ2n) is 9.24. The van der Waals surface area contributed by atoms with Gasteiger partial charge >= 0.3 is 128 Å². The zero-order chi connectivity index (χ0) is 40.9. The summed E-state index contributed by atoms with van der Waals surface area (Å²) in [5.41, 5.74) is -8.45. The molecule has 24 nitrogen and oxygen atoms in total. The minimum Gasteiger partial charge on any atom is -1.00 e. The molecule has 0 amide bonds. The molecule has 0 aliphatic carbocycles. The van der Waals surface area contributed by atoms with Crippen LogP contribution >= 0.6 is 0 Å². The molecule has 0 aliphatic rings. The Morgan fingerprint density at radius 1 is 0.407 bits per heavy atom. The molecule has 3 unspecified atom stereocenters. The number of hydrogen-bond donors (Lipinski definition) is 9. The van der Waals surface area contributed by atoms with Crippen molar-refractivity contribution in [3.05, 3.63) is 38.0 Å². The Labute approximate surface area is 342 Å². The van der Waals surface area contributed by atoms with Crippen molar-refractivity contribution in [3.63, 3.8) is 0 Å². The van der Waals surface area contributed by atoms with E-state index in [2.05, 4.69) is 33.9 Å². The average Bonchev–Trinajstić information content (AvgIpc) is 2.95. The monoisotopic (exact) mass is 762 g/mol. The predicted octanol–water partition coefficient (Wildman–Crippen LogP) is -11.9. The first-order chi connectivity index (χ1) is 23.1. The Kier molecular flexibility index (Phi) is 32.4. The van der Waals surface area contributed by atoms with E-state index in [0.717, 1.165) is 0 Å². The van der Waals surface area contributed by atoms with E-state index < -0.39 is 127 Å². The number of carbonyl (C=O) groups excluding carboxylic acids is 6. The number of carboxylic acid groups (broad SMARTS) is 6. The molecule has 0 rings (SSSR count). The van der Waals surface area contributed by atoms with Crippen LogP contribution < -0.4 is 56.6 Å². The molecule has 0 saturated heterocycles. The maximum Gasteiger partial charge on any atom is 1.00 e. The fourth-order valence-electron chi connectivity index (χ4n) is 2.68. The van der Waals surface area contributed by atoms with E-state index >= 15 is 0 Å². The zero-order valence-corrected chi connectivity index (χ0v) is 28.7. The van der Waals surface area contributed by atoms with Crippen LogP contribution in [0.4, 0.5) is 0 Å². The zero-order valence-electron chi connectivity index (χ0n) is 31.7. The van der Waals surface area contributed by atoms with Crippen LogP contribution in [0.15, 0.2) is 38.0 Å². The van der Waals surface area contributed by atoms with Gasteiger partial charge in [0.05, 0.1) is 38.5 Å². The molecule has 0 spiro atoms. The Morgan fingerprint density at radius 2 is 0.574 bits per heavy atom. The maximum atomic E-state index is 11.0. The van der Waals surface area contributed by atoms with E-state index in [1.807, 2.05) is 0 Å². The summed E-state index contributed by atoms with van der Waals surface area (Å²) >= 11 is 0. The molecule has 0 aromatic carbocycles. The van der Waals surface area contributed by atoms with Gasteiger partial charge in [-0.3, -0.25) is 28.8 Å². The standard InChI is InChI=1S/3C9H10O8.3Li.3H/c3*1-2-6(12)17-7(13)4-9(16,8(14)15)3-5(10)11;;;;;;/h3*2,16H,1,3-4H2,(H,10,11)(H,14,15);;;;;;/q;;;3*+1;3*-1. The van der Waals surface area contributed by atoms with Crippen LogP contribution in [0, 0.1) is 0 Å². The van der Waals surface area contributed by atoms with Crippen LogP contribution in [-0.4, -0.2) is 134 Å². The van der Waals surface area contributed by atoms with E-state index in [4.69, 9.17) is 30.6 Å². The molecule has 0 fully saturated rings. The Balaban J connectivity index is -0.0000000823. The van der Waals surface area contributed by atoms with Gasteiger partial charge in [0, 0.05) is 18.2 Å². The molecule has 0 saturated carbocycles. The second-order valence-corrected chi connectivity index (χ2v) is 9.24. The molecule has 9 N–H and O–H groups in total. The fraction of sp³-hybridized carbons (Fsp3) is 0.333. The molecule has 0 heterocycles. The third kappa shape index (κ3) is 26.8. The van der Waals surface area contributed by atoms with Crippen molar-refractivity contribution in [2.24, 2.45) is 0 Å². The summed E-state index contributed by atoms with van der Waals surface area (Å²) in [7, 11) is 0. The molecule has 3 atom stereocenters. The van der Waals surface area contributed by atoms with Gasteiger partial charge in [-0.05, 0) is 0 Å². The van der Waals surface area contributed by atoms with Crippen molar-refractivity contribution in [2.75, 3.05) is 0 Å². The SMILES string of the molecule is C=CC(=O)OC(=O)CC(O)(CC(=O)O)C(=O)O.C=CC(=O)OC(=O)CC(O)(CC(=O)O)C(=O)O.C=CC(=O)OC(=O)CC(O)(CC(=O)O)C(=O)O.[H-].[H-].[H-].[Li+].[Li+].[Li+]. The van der Waals surface area contributed by atoms with Crippen molar-refractivity contribution in [3.8, 4) is 0 Å². The smallest absolute Gasteiger partial charge is 1.00 e. The minimum absolute atomic E-state index is 0. The van der Waals surface area contributed by atoms with Gasteiger partial charge in [-0.2, -0.15) is 0 Å². The number of ether oxygens (including phenoxy) is 3. The normalized spacial score (nSPS) is 12.5. The summed E-state index contributed by atoms with van der Waals surface area (Å²) < 4.78 is 12.0. The molecule has 0 aromatic rings.